The molecule has 9 heavy (non-hydrogen) atoms. The molecule has 0 rings (SSSR count). The number of hydrogen-bond acceptors (Lipinski definition) is 1. The van der Waals surface area contributed by atoms with Crippen molar-refractivity contribution in [1.82, 2.24) is 0 Å². The monoisotopic (exact) mass is 401 g/mol. The molecule has 0 N–H and O–H groups in total. The minimum absolute atomic E-state index is 0. The Hall–Kier alpha value is -1.36. The molecule has 0 spiro atoms. The number of hydrogen-bond donors (Lipinski definition) is 0. The van der Waals surface area contributed by atoms with Crippen LogP contribution in [0.1, 0.15) is 0 Å². The van der Waals surface area contributed by atoms with Gasteiger partial charge in [0.2, 0.25) is 0 Å². The summed E-state index contributed by atoms with van der Waals surface area (Å²) in [6.07, 6.45) is 0. The van der Waals surface area contributed by atoms with Gasteiger partial charge < -0.3 is 19.5 Å². The smallest absolute Gasteiger partial charge is 0.191 e. The summed E-state index contributed by atoms with van der Waals surface area (Å²) < 4.78 is 43.1. The van der Waals surface area contributed by atoms with Gasteiger partial charge in [0.15, 0.2) is 13.7 Å². The molecule has 0 bridgehead atoms. The molecule has 0 fully saturated rings. The average molecular weight is 401 g/mol. The fourth-order valence-electron chi connectivity index (χ4n) is 0.0292. The Labute approximate surface area is 43.3 Å². The molecule has 7 heteroatoms. The van der Waals surface area contributed by atoms with E-state index in [2.05, 4.69) is 4.74 Å². The Morgan fingerprint density at radius 3 is 1.33 bits per heavy atom. The van der Waals surface area contributed by atoms with Crippen LogP contribution in [0.25, 0.3) is 5.76 Å². The van der Waals surface area contributed by atoms with Crippen LogP contribution in [0.3, 0.4) is 0 Å². The summed E-state index contributed by atoms with van der Waals surface area (Å²) >= 11 is 0. The number of halogens is 4. The Balaban J connectivity index is -0.0000000800. The third-order valence-corrected chi connectivity index (χ3v) is 0.154. The summed E-state index contributed by atoms with van der Waals surface area (Å²) in [5.41, 5.74) is 0. The second kappa shape index (κ2) is 30.3. The van der Waals surface area contributed by atoms with Crippen LogP contribution in [0.15, 0.2) is 0 Å². The first-order valence-corrected chi connectivity index (χ1v) is 1.45. The van der Waals surface area contributed by atoms with Crippen molar-refractivity contribution in [2.24, 2.45) is 0 Å². The van der Waals surface area contributed by atoms with Gasteiger partial charge in [-0.2, -0.15) is 0 Å². The predicted octanol–water partition coefficient (Wildman–Crippen LogP) is 1.99. The minimum atomic E-state index is -1.03. The van der Waals surface area contributed by atoms with Gasteiger partial charge in [0, 0.05) is 0 Å². The number of alkyl halides is 2. The van der Waals surface area contributed by atoms with Gasteiger partial charge in [-0.3, -0.25) is 0 Å². The van der Waals surface area contributed by atoms with Crippen LogP contribution in [0.2, 0.25) is 0 Å². The van der Waals surface area contributed by atoms with E-state index in [9.17, 15) is 17.7 Å². The summed E-state index contributed by atoms with van der Waals surface area (Å²) in [6.45, 7) is -2.06. The standard InChI is InChI=1S/C2H4F2O.F2N.Rf/c3-1-5-2-4;1-3-2;/h1-2H2;;/q;-1;. The van der Waals surface area contributed by atoms with Gasteiger partial charge in [0.1, 0.15) is 0 Å². The van der Waals surface area contributed by atoms with Crippen molar-refractivity contribution in [3.05, 3.63) is 5.76 Å². The van der Waals surface area contributed by atoms with Crippen LogP contribution in [-0.4, -0.2) is 13.7 Å². The van der Waals surface area contributed by atoms with Gasteiger partial charge in [0.05, 0.1) is 0 Å². The van der Waals surface area contributed by atoms with Crippen molar-refractivity contribution < 1.29 is 22.5 Å². The SMILES string of the molecule is FCOCF.F[N-]F.[Rf]. The molecule has 0 saturated carbocycles. The van der Waals surface area contributed by atoms with E-state index in [0.29, 0.717) is 5.76 Å². The van der Waals surface area contributed by atoms with Crippen LogP contribution in [-0.2, 0) is 4.74 Å². The predicted molar refractivity (Wildman–Crippen MR) is 18.6 cm³/mol. The van der Waals surface area contributed by atoms with Gasteiger partial charge in [0.25, 0.3) is 0 Å². The number of nitrogens with zero attached hydrogens (tertiary/aromatic N) is 1. The third-order valence-electron chi connectivity index (χ3n) is 0.154. The molecule has 0 aromatic rings. The van der Waals surface area contributed by atoms with Crippen LogP contribution in [0.5, 0.6) is 0 Å². The molecule has 0 radical (unpaired) electrons. The molecule has 54 valence electrons. The zero-order chi connectivity index (χ0) is 6.83. The van der Waals surface area contributed by atoms with Crippen LogP contribution < -0.4 is 0 Å². The van der Waals surface area contributed by atoms with Gasteiger partial charge >= 0.3 is 0 Å². The largest absolute Gasteiger partial charge is 0.339 e. The van der Waals surface area contributed by atoms with Crippen LogP contribution in [0.4, 0.5) is 17.7 Å². The Morgan fingerprint density at radius 2 is 1.33 bits per heavy atom. The summed E-state index contributed by atoms with van der Waals surface area (Å²) in [5.74, 6) is 0.500. The van der Waals surface area contributed by atoms with Gasteiger partial charge in [-0.05, 0) is 0 Å². The molecule has 0 aliphatic rings. The first-order valence-electron chi connectivity index (χ1n) is 1.45. The van der Waals surface area contributed by atoms with Crippen molar-refractivity contribution in [2.75, 3.05) is 13.7 Å². The maximum Gasteiger partial charge on any atom is 0.191 e. The van der Waals surface area contributed by atoms with Crippen molar-refractivity contribution in [1.29, 1.82) is 0 Å². The van der Waals surface area contributed by atoms with E-state index >= 15 is 0 Å². The van der Waals surface area contributed by atoms with Gasteiger partial charge in [-0.25, -0.2) is 8.78 Å². The first kappa shape index (κ1) is 15.6. The molecule has 0 aromatic heterocycles. The Bertz CT molecular complexity index is 32.5. The van der Waals surface area contributed by atoms with E-state index in [0.717, 1.165) is 0 Å². The fourth-order valence-corrected chi connectivity index (χ4v) is 0.0292. The zero-order valence-electron chi connectivity index (χ0n) is 4.49. The summed E-state index contributed by atoms with van der Waals surface area (Å²) in [4.78, 5) is 0. The molecule has 0 heterocycles. The molecular weight excluding hydrogens is 397 g/mol. The summed E-state index contributed by atoms with van der Waals surface area (Å²) in [7, 11) is 0. The molecule has 0 atom stereocenters. The first-order chi connectivity index (χ1) is 3.83. The van der Waals surface area contributed by atoms with Gasteiger partial charge in [-0.15, -0.1) is 0 Å². The average Bonchev–Trinajstić information content (AvgIpc) is 1.71. The van der Waals surface area contributed by atoms with E-state index < -0.39 is 13.7 Å². The molecule has 0 aliphatic carbocycles. The fraction of sp³-hybridized carbons (Fsp3) is 1.00. The second-order valence-corrected chi connectivity index (χ2v) is 0.486. The topological polar surface area (TPSA) is 23.3 Å². The van der Waals surface area contributed by atoms with E-state index in [-0.39, 0.29) is 0 Å². The maximum absolute atomic E-state index is 10.5. The normalized spacial score (nSPS) is 6.67. The van der Waals surface area contributed by atoms with E-state index in [1.165, 1.54) is 0 Å². The van der Waals surface area contributed by atoms with Crippen molar-refractivity contribution in [3.63, 3.8) is 0 Å². The molecule has 0 aliphatic heterocycles. The van der Waals surface area contributed by atoms with E-state index in [1.54, 1.807) is 0 Å². The summed E-state index contributed by atoms with van der Waals surface area (Å²) in [6, 6.07) is 0. The third kappa shape index (κ3) is 349. The molecule has 0 aromatic carbocycles. The minimum Gasteiger partial charge on any atom is -0.339 e. The van der Waals surface area contributed by atoms with Crippen molar-refractivity contribution >= 4 is 0 Å². The molecular formula is C2H4F4NORf-. The van der Waals surface area contributed by atoms with E-state index in [1.807, 2.05) is 0 Å². The molecule has 0 saturated heterocycles. The van der Waals surface area contributed by atoms with Crippen molar-refractivity contribution in [3.8, 4) is 0 Å². The van der Waals surface area contributed by atoms with E-state index in [4.69, 9.17) is 0 Å². The quantitative estimate of drug-likeness (QED) is 0.650. The molecule has 0 unspecified atom stereocenters. The maximum atomic E-state index is 10.5. The van der Waals surface area contributed by atoms with Crippen LogP contribution >= 0.6 is 0 Å². The zero-order valence-corrected chi connectivity index (χ0v) is 10.9. The molecule has 0 amide bonds. The van der Waals surface area contributed by atoms with Gasteiger partial charge in [-0.1, -0.05) is 0 Å². The second-order valence-electron chi connectivity index (χ2n) is 0.486. The number of rotatable bonds is 2. The summed E-state index contributed by atoms with van der Waals surface area (Å²) in [5, 5.41) is 0. The van der Waals surface area contributed by atoms with Crippen molar-refractivity contribution in [2.45, 2.75) is 0 Å². The Kier molecular flexibility index (Phi) is 52.7. The van der Waals surface area contributed by atoms with Crippen LogP contribution in [0, 0.1) is 0 Å². The number of ether oxygens (including phenoxy) is 1. The Morgan fingerprint density at radius 1 is 1.11 bits per heavy atom. The molecule has 2 nitrogen and oxygen atoms in total.